The molecule has 0 atom stereocenters. The molecule has 1 amide bonds. The molecule has 1 N–H and O–H groups in total. The Labute approximate surface area is 103 Å². The molecule has 5 nitrogen and oxygen atoms in total. The van der Waals surface area contributed by atoms with Gasteiger partial charge >= 0.3 is 0 Å². The van der Waals surface area contributed by atoms with Crippen LogP contribution in [0.3, 0.4) is 0 Å². The van der Waals surface area contributed by atoms with Crippen LogP contribution in [0.1, 0.15) is 10.4 Å². The molecular formula is C8H5IN4OS. The molecule has 0 saturated heterocycles. The van der Waals surface area contributed by atoms with Gasteiger partial charge in [-0.15, -0.1) is 0 Å². The van der Waals surface area contributed by atoms with Crippen molar-refractivity contribution in [2.45, 2.75) is 0 Å². The van der Waals surface area contributed by atoms with Crippen molar-refractivity contribution in [1.29, 1.82) is 0 Å². The van der Waals surface area contributed by atoms with Crippen LogP contribution in [0.4, 0.5) is 5.13 Å². The van der Waals surface area contributed by atoms with E-state index in [1.165, 1.54) is 0 Å². The SMILES string of the molecule is O=C(Nc1nnns1)c1ccccc1I. The molecule has 1 heterocycles. The first kappa shape index (κ1) is 10.4. The fourth-order valence-corrected chi connectivity index (χ4v) is 1.99. The summed E-state index contributed by atoms with van der Waals surface area (Å²) in [5, 5.41) is 10.0. The molecule has 1 aromatic carbocycles. The average Bonchev–Trinajstić information content (AvgIpc) is 2.71. The number of carbonyl (C=O) groups excluding carboxylic acids is 1. The van der Waals surface area contributed by atoms with Crippen molar-refractivity contribution in [2.75, 3.05) is 5.32 Å². The van der Waals surface area contributed by atoms with Crippen LogP contribution in [-0.2, 0) is 0 Å². The van der Waals surface area contributed by atoms with Gasteiger partial charge in [0.25, 0.3) is 5.91 Å². The smallest absolute Gasteiger partial charge is 0.258 e. The van der Waals surface area contributed by atoms with Crippen molar-refractivity contribution in [3.05, 3.63) is 33.4 Å². The lowest BCUT2D eigenvalue weighted by Gasteiger charge is -2.02. The Kier molecular flexibility index (Phi) is 3.21. The molecule has 0 aliphatic carbocycles. The molecule has 0 radical (unpaired) electrons. The molecule has 1 aromatic heterocycles. The van der Waals surface area contributed by atoms with Gasteiger partial charge in [0.1, 0.15) is 0 Å². The number of anilines is 1. The van der Waals surface area contributed by atoms with Crippen LogP contribution in [0.2, 0.25) is 0 Å². The van der Waals surface area contributed by atoms with Crippen LogP contribution in [0.15, 0.2) is 24.3 Å². The number of rotatable bonds is 2. The topological polar surface area (TPSA) is 67.8 Å². The van der Waals surface area contributed by atoms with E-state index >= 15 is 0 Å². The highest BCUT2D eigenvalue weighted by molar-refractivity contribution is 14.1. The predicted octanol–water partition coefficient (Wildman–Crippen LogP) is 1.79. The third-order valence-electron chi connectivity index (χ3n) is 1.64. The first-order valence-corrected chi connectivity index (χ1v) is 5.83. The van der Waals surface area contributed by atoms with Gasteiger partial charge in [0.2, 0.25) is 5.13 Å². The lowest BCUT2D eigenvalue weighted by atomic mass is 10.2. The molecule has 0 bridgehead atoms. The quantitative estimate of drug-likeness (QED) is 0.852. The van der Waals surface area contributed by atoms with E-state index in [1.54, 1.807) is 6.07 Å². The Balaban J connectivity index is 2.19. The zero-order valence-corrected chi connectivity index (χ0v) is 10.3. The van der Waals surface area contributed by atoms with Gasteiger partial charge in [-0.1, -0.05) is 21.7 Å². The van der Waals surface area contributed by atoms with Crippen LogP contribution >= 0.6 is 34.1 Å². The Bertz CT molecular complexity index is 473. The number of nitrogens with one attached hydrogen (secondary N) is 1. The molecule has 0 spiro atoms. The summed E-state index contributed by atoms with van der Waals surface area (Å²) < 4.78 is 4.45. The molecule has 0 aliphatic rings. The monoisotopic (exact) mass is 332 g/mol. The Hall–Kier alpha value is -1.09. The van der Waals surface area contributed by atoms with Crippen molar-refractivity contribution >= 4 is 45.2 Å². The van der Waals surface area contributed by atoms with Crippen LogP contribution in [0.5, 0.6) is 0 Å². The number of halogens is 1. The number of hydrogen-bond donors (Lipinski definition) is 1. The van der Waals surface area contributed by atoms with Gasteiger partial charge in [-0.2, -0.15) is 0 Å². The Morgan fingerprint density at radius 1 is 1.40 bits per heavy atom. The number of hydrogen-bond acceptors (Lipinski definition) is 5. The summed E-state index contributed by atoms with van der Waals surface area (Å²) in [6.45, 7) is 0. The molecular weight excluding hydrogens is 327 g/mol. The van der Waals surface area contributed by atoms with Gasteiger partial charge < -0.3 is 0 Å². The number of carbonyl (C=O) groups is 1. The van der Waals surface area contributed by atoms with Crippen molar-refractivity contribution in [3.63, 3.8) is 0 Å². The summed E-state index contributed by atoms with van der Waals surface area (Å²) in [7, 11) is 0. The van der Waals surface area contributed by atoms with Crippen molar-refractivity contribution in [1.82, 2.24) is 14.8 Å². The maximum absolute atomic E-state index is 11.7. The largest absolute Gasteiger partial charge is 0.295 e. The highest BCUT2D eigenvalue weighted by atomic mass is 127. The summed E-state index contributed by atoms with van der Waals surface area (Å²) in [5.74, 6) is -0.196. The van der Waals surface area contributed by atoms with Crippen LogP contribution in [0, 0.1) is 3.57 Å². The second-order valence-corrected chi connectivity index (χ2v) is 4.50. The molecule has 7 heteroatoms. The first-order chi connectivity index (χ1) is 7.27. The number of amides is 1. The molecule has 76 valence electrons. The second-order valence-electron chi connectivity index (χ2n) is 2.60. The number of aromatic nitrogens is 3. The summed E-state index contributed by atoms with van der Waals surface area (Å²) in [6.07, 6.45) is 0. The maximum Gasteiger partial charge on any atom is 0.258 e. The molecule has 2 aromatic rings. The molecule has 0 unspecified atom stereocenters. The van der Waals surface area contributed by atoms with E-state index in [9.17, 15) is 4.79 Å². The lowest BCUT2D eigenvalue weighted by molar-refractivity contribution is 0.102. The maximum atomic E-state index is 11.7. The highest BCUT2D eigenvalue weighted by Gasteiger charge is 2.10. The van der Waals surface area contributed by atoms with Crippen molar-refractivity contribution in [3.8, 4) is 0 Å². The highest BCUT2D eigenvalue weighted by Crippen LogP contribution is 2.14. The summed E-state index contributed by atoms with van der Waals surface area (Å²) in [5.41, 5.74) is 0.619. The van der Waals surface area contributed by atoms with Crippen molar-refractivity contribution in [2.24, 2.45) is 0 Å². The first-order valence-electron chi connectivity index (χ1n) is 3.98. The predicted molar refractivity (Wildman–Crippen MR) is 64.8 cm³/mol. The van der Waals surface area contributed by atoms with Crippen molar-refractivity contribution < 1.29 is 4.79 Å². The second kappa shape index (κ2) is 4.62. The zero-order valence-electron chi connectivity index (χ0n) is 7.35. The number of nitrogens with zero attached hydrogens (tertiary/aromatic N) is 3. The minimum absolute atomic E-state index is 0.196. The summed E-state index contributed by atoms with van der Waals surface area (Å²) >= 11 is 3.15. The van der Waals surface area contributed by atoms with Crippen LogP contribution in [0.25, 0.3) is 0 Å². The average molecular weight is 332 g/mol. The van der Waals surface area contributed by atoms with Crippen LogP contribution < -0.4 is 5.32 Å². The minimum Gasteiger partial charge on any atom is -0.295 e. The summed E-state index contributed by atoms with van der Waals surface area (Å²) in [6, 6.07) is 7.32. The van der Waals surface area contributed by atoms with Gasteiger partial charge in [-0.3, -0.25) is 10.1 Å². The minimum atomic E-state index is -0.196. The van der Waals surface area contributed by atoms with E-state index in [0.717, 1.165) is 15.1 Å². The fraction of sp³-hybridized carbons (Fsp3) is 0. The van der Waals surface area contributed by atoms with Gasteiger partial charge in [0.05, 0.1) is 5.56 Å². The molecule has 0 aliphatic heterocycles. The Morgan fingerprint density at radius 3 is 2.87 bits per heavy atom. The van der Waals surface area contributed by atoms with Gasteiger partial charge in [0.15, 0.2) is 0 Å². The standard InChI is InChI=1S/C8H5IN4OS/c9-6-4-2-1-3-5(6)7(14)10-8-11-12-13-15-8/h1-4H,(H,10,11,13,14). The number of benzene rings is 1. The van der Waals surface area contributed by atoms with E-state index in [2.05, 4.69) is 42.7 Å². The van der Waals surface area contributed by atoms with E-state index in [4.69, 9.17) is 0 Å². The third kappa shape index (κ3) is 2.48. The molecule has 0 fully saturated rings. The normalized spacial score (nSPS) is 9.93. The van der Waals surface area contributed by atoms with E-state index in [-0.39, 0.29) is 5.91 Å². The third-order valence-corrected chi connectivity index (χ3v) is 3.09. The lowest BCUT2D eigenvalue weighted by Crippen LogP contribution is -2.13. The Morgan fingerprint density at radius 2 is 2.20 bits per heavy atom. The summed E-state index contributed by atoms with van der Waals surface area (Å²) in [4.78, 5) is 11.7. The molecule has 2 rings (SSSR count). The van der Waals surface area contributed by atoms with Gasteiger partial charge in [-0.25, -0.2) is 0 Å². The van der Waals surface area contributed by atoms with E-state index in [1.807, 2.05) is 18.2 Å². The molecule has 0 saturated carbocycles. The van der Waals surface area contributed by atoms with E-state index < -0.39 is 0 Å². The van der Waals surface area contributed by atoms with E-state index in [0.29, 0.717) is 10.7 Å². The van der Waals surface area contributed by atoms with Crippen LogP contribution in [-0.4, -0.2) is 20.7 Å². The van der Waals surface area contributed by atoms with Gasteiger partial charge in [-0.05, 0) is 39.9 Å². The van der Waals surface area contributed by atoms with Gasteiger partial charge in [0, 0.05) is 15.1 Å². The molecule has 15 heavy (non-hydrogen) atoms. The fourth-order valence-electron chi connectivity index (χ4n) is 0.992. The zero-order chi connectivity index (χ0) is 10.7.